The molecule has 3 heterocycles. The van der Waals surface area contributed by atoms with Crippen LogP contribution in [0.2, 0.25) is 10.0 Å². The fourth-order valence-corrected chi connectivity index (χ4v) is 7.95. The Morgan fingerprint density at radius 2 is 1.46 bits per heavy atom. The summed E-state index contributed by atoms with van der Waals surface area (Å²) in [6, 6.07) is 0. The van der Waals surface area contributed by atoms with E-state index in [1.165, 1.54) is 49.9 Å². The number of hydrogen-bond donors (Lipinski definition) is 0. The third-order valence-corrected chi connectivity index (χ3v) is 9.67. The fraction of sp³-hybridized carbons (Fsp3) is 0.636. The van der Waals surface area contributed by atoms with Crippen molar-refractivity contribution in [2.45, 2.75) is 89.1 Å². The minimum Gasteiger partial charge on any atom is -0.322 e. The summed E-state index contributed by atoms with van der Waals surface area (Å²) >= 11 is 14.6. The molecule has 1 aliphatic heterocycles. The standard InChI is InChI=1S/C22H26Cl2N2OS/c1-13-15-17(24)18(28-19(15)25-14(2)16(13)23)20(27)26-21(9-5-3-6-10-21)22(26)11-7-4-8-12-22/h3-12H2,1-2H3. The predicted molar refractivity (Wildman–Crippen MR) is 117 cm³/mol. The van der Waals surface area contributed by atoms with Crippen LogP contribution in [0.25, 0.3) is 10.2 Å². The van der Waals surface area contributed by atoms with E-state index in [4.69, 9.17) is 23.2 Å². The smallest absolute Gasteiger partial charge is 0.266 e. The van der Waals surface area contributed by atoms with Crippen LogP contribution in [0.15, 0.2) is 0 Å². The highest BCUT2D eigenvalue weighted by molar-refractivity contribution is 7.21. The van der Waals surface area contributed by atoms with Crippen LogP contribution in [0.5, 0.6) is 0 Å². The zero-order chi connectivity index (χ0) is 19.7. The zero-order valence-electron chi connectivity index (χ0n) is 16.5. The first-order valence-electron chi connectivity index (χ1n) is 10.5. The van der Waals surface area contributed by atoms with Gasteiger partial charge in [-0.3, -0.25) is 4.79 Å². The Labute approximate surface area is 180 Å². The predicted octanol–water partition coefficient (Wildman–Crippen LogP) is 7.08. The molecule has 0 bridgehead atoms. The van der Waals surface area contributed by atoms with Gasteiger partial charge in [0.15, 0.2) is 0 Å². The average molecular weight is 437 g/mol. The van der Waals surface area contributed by atoms with Crippen LogP contribution in [0.4, 0.5) is 0 Å². The van der Waals surface area contributed by atoms with E-state index in [0.29, 0.717) is 14.9 Å². The minimum absolute atomic E-state index is 0.0816. The van der Waals surface area contributed by atoms with E-state index < -0.39 is 0 Å². The monoisotopic (exact) mass is 436 g/mol. The highest BCUT2D eigenvalue weighted by Gasteiger charge is 2.75. The molecule has 1 amide bonds. The number of nitrogens with zero attached hydrogens (tertiary/aromatic N) is 2. The number of carbonyl (C=O) groups is 1. The van der Waals surface area contributed by atoms with Crippen LogP contribution in [0, 0.1) is 13.8 Å². The molecule has 5 rings (SSSR count). The molecule has 2 aromatic rings. The molecule has 2 aliphatic carbocycles. The number of rotatable bonds is 1. The van der Waals surface area contributed by atoms with Gasteiger partial charge in [0.25, 0.3) is 5.91 Å². The van der Waals surface area contributed by atoms with Crippen molar-refractivity contribution in [3.8, 4) is 0 Å². The highest BCUT2D eigenvalue weighted by Crippen LogP contribution is 2.66. The minimum atomic E-state index is 0.0816. The Kier molecular flexibility index (Phi) is 4.50. The third kappa shape index (κ3) is 2.40. The second-order valence-corrected chi connectivity index (χ2v) is 10.6. The molecule has 150 valence electrons. The summed E-state index contributed by atoms with van der Waals surface area (Å²) in [5.74, 6) is 0.130. The second kappa shape index (κ2) is 6.58. The van der Waals surface area contributed by atoms with Gasteiger partial charge >= 0.3 is 0 Å². The maximum atomic E-state index is 13.8. The summed E-state index contributed by atoms with van der Waals surface area (Å²) in [6.07, 6.45) is 12.2. The van der Waals surface area contributed by atoms with Gasteiger partial charge in [-0.2, -0.15) is 0 Å². The van der Waals surface area contributed by atoms with Crippen LogP contribution >= 0.6 is 34.5 Å². The lowest BCUT2D eigenvalue weighted by atomic mass is 9.73. The first-order valence-corrected chi connectivity index (χ1v) is 12.1. The Balaban J connectivity index is 1.59. The molecule has 3 fully saturated rings. The molecule has 2 saturated carbocycles. The number of aromatic nitrogens is 1. The molecular weight excluding hydrogens is 411 g/mol. The van der Waals surface area contributed by atoms with Gasteiger partial charge in [0, 0.05) is 5.39 Å². The van der Waals surface area contributed by atoms with Gasteiger partial charge in [0.05, 0.1) is 26.8 Å². The van der Waals surface area contributed by atoms with Gasteiger partial charge in [-0.05, 0) is 45.1 Å². The second-order valence-electron chi connectivity index (χ2n) is 8.89. The Morgan fingerprint density at radius 1 is 0.929 bits per heavy atom. The number of hydrogen-bond acceptors (Lipinski definition) is 3. The van der Waals surface area contributed by atoms with Crippen molar-refractivity contribution >= 4 is 50.7 Å². The molecule has 3 aliphatic rings. The van der Waals surface area contributed by atoms with E-state index in [0.717, 1.165) is 47.2 Å². The molecule has 1 saturated heterocycles. The summed E-state index contributed by atoms with van der Waals surface area (Å²) in [5.41, 5.74) is 1.88. The molecule has 0 atom stereocenters. The Hall–Kier alpha value is -0.840. The van der Waals surface area contributed by atoms with Gasteiger partial charge in [0.2, 0.25) is 0 Å². The Bertz CT molecular complexity index is 947. The average Bonchev–Trinajstić information content (AvgIpc) is 3.01. The molecule has 28 heavy (non-hydrogen) atoms. The van der Waals surface area contributed by atoms with E-state index in [2.05, 4.69) is 9.88 Å². The van der Waals surface area contributed by atoms with Gasteiger partial charge in [-0.15, -0.1) is 11.3 Å². The number of halogens is 2. The quantitative estimate of drug-likeness (QED) is 0.447. The number of thiophene rings is 1. The van der Waals surface area contributed by atoms with Crippen molar-refractivity contribution in [2.24, 2.45) is 0 Å². The summed E-state index contributed by atoms with van der Waals surface area (Å²) in [5, 5.41) is 2.04. The molecule has 6 heteroatoms. The summed E-state index contributed by atoms with van der Waals surface area (Å²) < 4.78 is 0. The molecule has 2 spiro atoms. The first-order chi connectivity index (χ1) is 13.4. The van der Waals surface area contributed by atoms with Crippen LogP contribution in [0.3, 0.4) is 0 Å². The van der Waals surface area contributed by atoms with Gasteiger partial charge in [-0.25, -0.2) is 4.98 Å². The van der Waals surface area contributed by atoms with Crippen LogP contribution < -0.4 is 0 Å². The van der Waals surface area contributed by atoms with Gasteiger partial charge in [-0.1, -0.05) is 61.7 Å². The summed E-state index contributed by atoms with van der Waals surface area (Å²) in [4.78, 5) is 22.2. The van der Waals surface area contributed by atoms with Crippen molar-refractivity contribution < 1.29 is 4.79 Å². The van der Waals surface area contributed by atoms with Crippen molar-refractivity contribution in [2.75, 3.05) is 0 Å². The van der Waals surface area contributed by atoms with E-state index in [1.807, 2.05) is 13.8 Å². The molecule has 2 aromatic heterocycles. The first kappa shape index (κ1) is 19.1. The maximum Gasteiger partial charge on any atom is 0.266 e. The maximum absolute atomic E-state index is 13.8. The van der Waals surface area contributed by atoms with Crippen LogP contribution in [-0.2, 0) is 0 Å². The molecule has 0 unspecified atom stereocenters. The lowest BCUT2D eigenvalue weighted by Gasteiger charge is -2.27. The zero-order valence-corrected chi connectivity index (χ0v) is 18.9. The number of fused-ring (bicyclic) bond motifs is 2. The number of carbonyl (C=O) groups excluding carboxylic acids is 1. The number of pyridine rings is 1. The third-order valence-electron chi connectivity index (χ3n) is 7.55. The Morgan fingerprint density at radius 3 is 2.00 bits per heavy atom. The normalized spacial score (nSPS) is 22.9. The molecular formula is C22H26Cl2N2OS. The van der Waals surface area contributed by atoms with Crippen LogP contribution in [0.1, 0.15) is 85.1 Å². The summed E-state index contributed by atoms with van der Waals surface area (Å²) in [7, 11) is 0. The fourth-order valence-electron chi connectivity index (χ4n) is 6.23. The number of aryl methyl sites for hydroxylation is 2. The molecule has 0 aromatic carbocycles. The SMILES string of the molecule is Cc1nc2sc(C(=O)N3C4(CCCCC4)C34CCCCC4)c(Cl)c2c(C)c1Cl. The lowest BCUT2D eigenvalue weighted by Crippen LogP contribution is -2.30. The molecule has 0 radical (unpaired) electrons. The van der Waals surface area contributed by atoms with E-state index >= 15 is 0 Å². The van der Waals surface area contributed by atoms with Gasteiger partial charge < -0.3 is 4.90 Å². The molecule has 3 nitrogen and oxygen atoms in total. The van der Waals surface area contributed by atoms with Crippen LogP contribution in [-0.4, -0.2) is 26.9 Å². The summed E-state index contributed by atoms with van der Waals surface area (Å²) in [6.45, 7) is 3.87. The topological polar surface area (TPSA) is 33.0 Å². The van der Waals surface area contributed by atoms with Crippen molar-refractivity contribution in [3.63, 3.8) is 0 Å². The van der Waals surface area contributed by atoms with E-state index in [-0.39, 0.29) is 17.0 Å². The van der Waals surface area contributed by atoms with Crippen molar-refractivity contribution in [1.82, 2.24) is 9.88 Å². The van der Waals surface area contributed by atoms with Crippen molar-refractivity contribution in [1.29, 1.82) is 0 Å². The highest BCUT2D eigenvalue weighted by atomic mass is 35.5. The lowest BCUT2D eigenvalue weighted by molar-refractivity contribution is 0.0820. The molecule has 0 N–H and O–H groups in total. The van der Waals surface area contributed by atoms with E-state index in [9.17, 15) is 4.79 Å². The van der Waals surface area contributed by atoms with E-state index in [1.54, 1.807) is 0 Å². The largest absolute Gasteiger partial charge is 0.322 e. The van der Waals surface area contributed by atoms with Gasteiger partial charge in [0.1, 0.15) is 9.71 Å². The number of amides is 1. The van der Waals surface area contributed by atoms with Crippen molar-refractivity contribution in [3.05, 3.63) is 26.2 Å².